The Bertz CT molecular complexity index is 677. The average molecular weight is 311 g/mol. The highest BCUT2D eigenvalue weighted by molar-refractivity contribution is 6.33. The SMILES string of the molecule is N#CC(Nc1ccccc1Cl)c1cccc(C(F)(F)F)c1. The van der Waals surface area contributed by atoms with Crippen molar-refractivity contribution < 1.29 is 13.2 Å². The van der Waals surface area contributed by atoms with Crippen molar-refractivity contribution in [2.45, 2.75) is 12.2 Å². The van der Waals surface area contributed by atoms with Crippen molar-refractivity contribution in [1.29, 1.82) is 5.26 Å². The molecule has 1 N–H and O–H groups in total. The molecule has 0 aliphatic heterocycles. The molecule has 0 saturated carbocycles. The number of nitrogens with zero attached hydrogens (tertiary/aromatic N) is 1. The predicted octanol–water partition coefficient (Wildman–Crippen LogP) is 5.04. The maximum absolute atomic E-state index is 12.7. The topological polar surface area (TPSA) is 35.8 Å². The van der Waals surface area contributed by atoms with Crippen LogP contribution in [-0.4, -0.2) is 0 Å². The summed E-state index contributed by atoms with van der Waals surface area (Å²) < 4.78 is 38.1. The third kappa shape index (κ3) is 3.67. The van der Waals surface area contributed by atoms with Crippen LogP contribution in [-0.2, 0) is 6.18 Å². The first-order chi connectivity index (χ1) is 9.91. The van der Waals surface area contributed by atoms with E-state index in [1.165, 1.54) is 12.1 Å². The minimum atomic E-state index is -4.44. The van der Waals surface area contributed by atoms with Gasteiger partial charge in [0, 0.05) is 0 Å². The predicted molar refractivity (Wildman–Crippen MR) is 74.9 cm³/mol. The van der Waals surface area contributed by atoms with Crippen LogP contribution in [0.2, 0.25) is 5.02 Å². The van der Waals surface area contributed by atoms with E-state index in [1.54, 1.807) is 24.3 Å². The van der Waals surface area contributed by atoms with Crippen LogP contribution >= 0.6 is 11.6 Å². The zero-order chi connectivity index (χ0) is 15.5. The van der Waals surface area contributed by atoms with E-state index in [1.807, 2.05) is 6.07 Å². The number of hydrogen-bond acceptors (Lipinski definition) is 2. The first-order valence-electron chi connectivity index (χ1n) is 5.99. The smallest absolute Gasteiger partial charge is 0.365 e. The molecule has 21 heavy (non-hydrogen) atoms. The van der Waals surface area contributed by atoms with Gasteiger partial charge in [0.1, 0.15) is 6.04 Å². The molecule has 0 aliphatic carbocycles. The normalized spacial score (nSPS) is 12.5. The number of alkyl halides is 3. The summed E-state index contributed by atoms with van der Waals surface area (Å²) >= 11 is 5.96. The van der Waals surface area contributed by atoms with E-state index in [9.17, 15) is 18.4 Å². The molecule has 2 aromatic rings. The minimum absolute atomic E-state index is 0.229. The highest BCUT2D eigenvalue weighted by Gasteiger charge is 2.31. The number of halogens is 4. The minimum Gasteiger partial charge on any atom is -0.365 e. The van der Waals surface area contributed by atoms with E-state index in [-0.39, 0.29) is 5.56 Å². The lowest BCUT2D eigenvalue weighted by atomic mass is 10.0. The van der Waals surface area contributed by atoms with Gasteiger partial charge < -0.3 is 5.32 Å². The number of rotatable bonds is 3. The lowest BCUT2D eigenvalue weighted by Gasteiger charge is -2.16. The Morgan fingerprint density at radius 3 is 2.43 bits per heavy atom. The molecular weight excluding hydrogens is 301 g/mol. The number of nitriles is 1. The molecular formula is C15H10ClF3N2. The van der Waals surface area contributed by atoms with E-state index in [0.717, 1.165) is 12.1 Å². The fourth-order valence-electron chi connectivity index (χ4n) is 1.82. The molecule has 0 amide bonds. The van der Waals surface area contributed by atoms with Crippen LogP contribution in [0.5, 0.6) is 0 Å². The van der Waals surface area contributed by atoms with Crippen molar-refractivity contribution in [3.8, 4) is 6.07 Å². The first-order valence-corrected chi connectivity index (χ1v) is 6.37. The van der Waals surface area contributed by atoms with Crippen molar-refractivity contribution >= 4 is 17.3 Å². The highest BCUT2D eigenvalue weighted by Crippen LogP contribution is 2.32. The standard InChI is InChI=1S/C15H10ClF3N2/c16-12-6-1-2-7-13(12)21-14(9-20)10-4-3-5-11(8-10)15(17,18)19/h1-8,14,21H. The van der Waals surface area contributed by atoms with Gasteiger partial charge in [-0.15, -0.1) is 0 Å². The van der Waals surface area contributed by atoms with Gasteiger partial charge in [-0.25, -0.2) is 0 Å². The summed E-state index contributed by atoms with van der Waals surface area (Å²) in [4.78, 5) is 0. The van der Waals surface area contributed by atoms with Gasteiger partial charge in [-0.2, -0.15) is 18.4 Å². The summed E-state index contributed by atoms with van der Waals surface area (Å²) in [5, 5.41) is 12.4. The lowest BCUT2D eigenvalue weighted by molar-refractivity contribution is -0.137. The van der Waals surface area contributed by atoms with E-state index in [0.29, 0.717) is 10.7 Å². The fourth-order valence-corrected chi connectivity index (χ4v) is 2.01. The molecule has 108 valence electrons. The third-order valence-corrected chi connectivity index (χ3v) is 3.18. The van der Waals surface area contributed by atoms with Crippen LogP contribution < -0.4 is 5.32 Å². The van der Waals surface area contributed by atoms with Crippen LogP contribution in [0, 0.1) is 11.3 Å². The van der Waals surface area contributed by atoms with Crippen molar-refractivity contribution in [3.05, 3.63) is 64.7 Å². The maximum atomic E-state index is 12.7. The number of nitrogens with one attached hydrogen (secondary N) is 1. The zero-order valence-electron chi connectivity index (χ0n) is 10.7. The molecule has 6 heteroatoms. The Balaban J connectivity index is 2.31. The molecule has 0 heterocycles. The fraction of sp³-hybridized carbons (Fsp3) is 0.133. The van der Waals surface area contributed by atoms with Gasteiger partial charge in [-0.05, 0) is 29.8 Å². The summed E-state index contributed by atoms with van der Waals surface area (Å²) in [6, 6.07) is 12.4. The molecule has 0 radical (unpaired) electrons. The summed E-state index contributed by atoms with van der Waals surface area (Å²) in [5.74, 6) is 0. The average Bonchev–Trinajstić information content (AvgIpc) is 2.46. The third-order valence-electron chi connectivity index (χ3n) is 2.85. The number of para-hydroxylation sites is 1. The van der Waals surface area contributed by atoms with Crippen molar-refractivity contribution in [2.75, 3.05) is 5.32 Å². The Morgan fingerprint density at radius 2 is 1.81 bits per heavy atom. The molecule has 0 aliphatic rings. The lowest BCUT2D eigenvalue weighted by Crippen LogP contribution is -2.11. The molecule has 0 spiro atoms. The second-order valence-corrected chi connectivity index (χ2v) is 4.72. The Hall–Kier alpha value is -2.19. The van der Waals surface area contributed by atoms with E-state index >= 15 is 0 Å². The maximum Gasteiger partial charge on any atom is 0.416 e. The van der Waals surface area contributed by atoms with Gasteiger partial charge in [-0.3, -0.25) is 0 Å². The molecule has 0 bridgehead atoms. The van der Waals surface area contributed by atoms with Crippen LogP contribution in [0.25, 0.3) is 0 Å². The molecule has 2 aromatic carbocycles. The zero-order valence-corrected chi connectivity index (χ0v) is 11.4. The Labute approximate surface area is 124 Å². The van der Waals surface area contributed by atoms with E-state index in [2.05, 4.69) is 5.32 Å². The number of benzene rings is 2. The molecule has 2 nitrogen and oxygen atoms in total. The van der Waals surface area contributed by atoms with Crippen LogP contribution in [0.3, 0.4) is 0 Å². The largest absolute Gasteiger partial charge is 0.416 e. The second kappa shape index (κ2) is 6.06. The van der Waals surface area contributed by atoms with Crippen molar-refractivity contribution in [1.82, 2.24) is 0 Å². The Kier molecular flexibility index (Phi) is 4.39. The number of anilines is 1. The quantitative estimate of drug-likeness (QED) is 0.862. The van der Waals surface area contributed by atoms with E-state index < -0.39 is 17.8 Å². The molecule has 1 unspecified atom stereocenters. The summed E-state index contributed by atoms with van der Waals surface area (Å²) in [6.45, 7) is 0. The number of hydrogen-bond donors (Lipinski definition) is 1. The summed E-state index contributed by atoms with van der Waals surface area (Å²) in [7, 11) is 0. The summed E-state index contributed by atoms with van der Waals surface area (Å²) in [6.07, 6.45) is -4.44. The van der Waals surface area contributed by atoms with Crippen LogP contribution in [0.15, 0.2) is 48.5 Å². The van der Waals surface area contributed by atoms with Gasteiger partial charge in [0.25, 0.3) is 0 Å². The van der Waals surface area contributed by atoms with Gasteiger partial charge in [0.15, 0.2) is 0 Å². The summed E-state index contributed by atoms with van der Waals surface area (Å²) in [5.41, 5.74) is -0.0726. The molecule has 0 aromatic heterocycles. The highest BCUT2D eigenvalue weighted by atomic mass is 35.5. The first kappa shape index (κ1) is 15.2. The second-order valence-electron chi connectivity index (χ2n) is 4.31. The van der Waals surface area contributed by atoms with Crippen molar-refractivity contribution in [2.24, 2.45) is 0 Å². The van der Waals surface area contributed by atoms with Gasteiger partial charge in [-0.1, -0.05) is 35.9 Å². The molecule has 0 fully saturated rings. The Morgan fingerprint density at radius 1 is 1.10 bits per heavy atom. The van der Waals surface area contributed by atoms with Gasteiger partial charge >= 0.3 is 6.18 Å². The molecule has 0 saturated heterocycles. The molecule has 1 atom stereocenters. The van der Waals surface area contributed by atoms with Crippen LogP contribution in [0.1, 0.15) is 17.2 Å². The molecule has 2 rings (SSSR count). The monoisotopic (exact) mass is 310 g/mol. The van der Waals surface area contributed by atoms with Gasteiger partial charge in [0.2, 0.25) is 0 Å². The van der Waals surface area contributed by atoms with Crippen molar-refractivity contribution in [3.63, 3.8) is 0 Å². The van der Waals surface area contributed by atoms with E-state index in [4.69, 9.17) is 11.6 Å². The van der Waals surface area contributed by atoms with Crippen LogP contribution in [0.4, 0.5) is 18.9 Å². The van der Waals surface area contributed by atoms with Gasteiger partial charge in [0.05, 0.1) is 22.3 Å².